The van der Waals surface area contributed by atoms with E-state index in [2.05, 4.69) is 34.0 Å². The fraction of sp³-hybridized carbons (Fsp3) is 0.650. The standard InChI is InChI=1S/C20H32F2N4/c1-4-23-20(24-11-9-17-13-18(21)7-8-19(17)22)26-12-10-16(15-26)14-25(5-2)6-3/h7-8,13,16H,4-6,9-12,14-15H2,1-3H3,(H,23,24). The molecule has 146 valence electrons. The summed E-state index contributed by atoms with van der Waals surface area (Å²) in [5, 5.41) is 3.33. The monoisotopic (exact) mass is 366 g/mol. The van der Waals surface area contributed by atoms with Gasteiger partial charge in [-0.15, -0.1) is 0 Å². The summed E-state index contributed by atoms with van der Waals surface area (Å²) >= 11 is 0. The molecule has 2 rings (SSSR count). The van der Waals surface area contributed by atoms with Crippen LogP contribution in [0.3, 0.4) is 0 Å². The van der Waals surface area contributed by atoms with Gasteiger partial charge in [0.25, 0.3) is 0 Å². The maximum Gasteiger partial charge on any atom is 0.193 e. The fourth-order valence-corrected chi connectivity index (χ4v) is 3.46. The number of nitrogens with zero attached hydrogens (tertiary/aromatic N) is 3. The van der Waals surface area contributed by atoms with Crippen LogP contribution in [0.1, 0.15) is 32.8 Å². The number of halogens is 2. The molecule has 1 aromatic rings. The molecule has 6 heteroatoms. The molecule has 0 bridgehead atoms. The zero-order chi connectivity index (χ0) is 18.9. The summed E-state index contributed by atoms with van der Waals surface area (Å²) in [4.78, 5) is 9.40. The van der Waals surface area contributed by atoms with Crippen molar-refractivity contribution in [3.05, 3.63) is 35.4 Å². The molecule has 0 saturated carbocycles. The Morgan fingerprint density at radius 2 is 2.04 bits per heavy atom. The molecule has 0 aromatic heterocycles. The number of aliphatic imine (C=N–C) groups is 1. The van der Waals surface area contributed by atoms with Gasteiger partial charge in [-0.25, -0.2) is 8.78 Å². The van der Waals surface area contributed by atoms with Crippen LogP contribution in [0.5, 0.6) is 0 Å². The number of benzene rings is 1. The average Bonchev–Trinajstić information content (AvgIpc) is 3.10. The van der Waals surface area contributed by atoms with Crippen LogP contribution in [-0.2, 0) is 6.42 Å². The fourth-order valence-electron chi connectivity index (χ4n) is 3.46. The summed E-state index contributed by atoms with van der Waals surface area (Å²) in [7, 11) is 0. The van der Waals surface area contributed by atoms with Crippen molar-refractivity contribution in [2.24, 2.45) is 10.9 Å². The molecule has 0 spiro atoms. The van der Waals surface area contributed by atoms with E-state index in [1.807, 2.05) is 6.92 Å². The van der Waals surface area contributed by atoms with Gasteiger partial charge in [-0.3, -0.25) is 4.99 Å². The SMILES string of the molecule is CCNC(=NCCc1cc(F)ccc1F)N1CCC(CN(CC)CC)C1. The van der Waals surface area contributed by atoms with Crippen LogP contribution in [0.15, 0.2) is 23.2 Å². The van der Waals surface area contributed by atoms with Gasteiger partial charge in [-0.2, -0.15) is 0 Å². The molecule has 0 amide bonds. The minimum Gasteiger partial charge on any atom is -0.357 e. The van der Waals surface area contributed by atoms with E-state index in [-0.39, 0.29) is 5.82 Å². The molecule has 26 heavy (non-hydrogen) atoms. The molecule has 1 unspecified atom stereocenters. The number of nitrogens with one attached hydrogen (secondary N) is 1. The van der Waals surface area contributed by atoms with Gasteiger partial charge in [0.15, 0.2) is 5.96 Å². The van der Waals surface area contributed by atoms with Crippen molar-refractivity contribution in [2.45, 2.75) is 33.6 Å². The second-order valence-electron chi connectivity index (χ2n) is 6.81. The van der Waals surface area contributed by atoms with Crippen molar-refractivity contribution in [1.82, 2.24) is 15.1 Å². The Labute approximate surface area is 156 Å². The Balaban J connectivity index is 1.93. The summed E-state index contributed by atoms with van der Waals surface area (Å²) in [6.07, 6.45) is 1.56. The lowest BCUT2D eigenvalue weighted by Crippen LogP contribution is -2.41. The summed E-state index contributed by atoms with van der Waals surface area (Å²) in [5.41, 5.74) is 0.380. The van der Waals surface area contributed by atoms with Gasteiger partial charge in [0.2, 0.25) is 0 Å². The molecule has 1 aromatic carbocycles. The highest BCUT2D eigenvalue weighted by Crippen LogP contribution is 2.18. The Bertz CT molecular complexity index is 587. The normalized spacial score (nSPS) is 18.0. The first-order chi connectivity index (χ1) is 12.6. The number of likely N-dealkylation sites (tertiary alicyclic amines) is 1. The average molecular weight is 367 g/mol. The predicted octanol–water partition coefficient (Wildman–Crippen LogP) is 3.14. The molecule has 4 nitrogen and oxygen atoms in total. The van der Waals surface area contributed by atoms with E-state index in [0.717, 1.165) is 51.3 Å². The van der Waals surface area contributed by atoms with E-state index in [9.17, 15) is 8.78 Å². The quantitative estimate of drug-likeness (QED) is 0.566. The Morgan fingerprint density at radius 1 is 1.27 bits per heavy atom. The lowest BCUT2D eigenvalue weighted by Gasteiger charge is -2.24. The maximum absolute atomic E-state index is 13.7. The third-order valence-electron chi connectivity index (χ3n) is 4.98. The van der Waals surface area contributed by atoms with Crippen LogP contribution < -0.4 is 5.32 Å². The third kappa shape index (κ3) is 5.94. The molecule has 1 heterocycles. The number of rotatable bonds is 8. The molecule has 1 aliphatic rings. The zero-order valence-corrected chi connectivity index (χ0v) is 16.3. The van der Waals surface area contributed by atoms with Gasteiger partial charge >= 0.3 is 0 Å². The van der Waals surface area contributed by atoms with Gasteiger partial charge in [-0.1, -0.05) is 13.8 Å². The topological polar surface area (TPSA) is 30.9 Å². The number of hydrogen-bond donors (Lipinski definition) is 1. The molecule has 1 fully saturated rings. The second-order valence-corrected chi connectivity index (χ2v) is 6.81. The zero-order valence-electron chi connectivity index (χ0n) is 16.3. The summed E-state index contributed by atoms with van der Waals surface area (Å²) in [6, 6.07) is 3.58. The van der Waals surface area contributed by atoms with Crippen LogP contribution in [0.2, 0.25) is 0 Å². The second kappa shape index (κ2) is 10.5. The Kier molecular flexibility index (Phi) is 8.29. The van der Waals surface area contributed by atoms with Gasteiger partial charge < -0.3 is 15.1 Å². The van der Waals surface area contributed by atoms with Crippen molar-refractivity contribution in [2.75, 3.05) is 45.8 Å². The first-order valence-corrected chi connectivity index (χ1v) is 9.76. The Morgan fingerprint density at radius 3 is 2.73 bits per heavy atom. The minimum absolute atomic E-state index is 0.368. The number of guanidine groups is 1. The van der Waals surface area contributed by atoms with Gasteiger partial charge in [0.1, 0.15) is 11.6 Å². The lowest BCUT2D eigenvalue weighted by molar-refractivity contribution is 0.255. The van der Waals surface area contributed by atoms with Crippen molar-refractivity contribution in [1.29, 1.82) is 0 Å². The van der Waals surface area contributed by atoms with Gasteiger partial charge in [0.05, 0.1) is 0 Å². The summed E-state index contributed by atoms with van der Waals surface area (Å²) in [5.74, 6) is 0.758. The van der Waals surface area contributed by atoms with Crippen LogP contribution in [0.25, 0.3) is 0 Å². The van der Waals surface area contributed by atoms with Gasteiger partial charge in [0, 0.05) is 32.7 Å². The first kappa shape index (κ1) is 20.6. The van der Waals surface area contributed by atoms with E-state index in [0.29, 0.717) is 24.4 Å². The smallest absolute Gasteiger partial charge is 0.193 e. The lowest BCUT2D eigenvalue weighted by atomic mass is 10.1. The van der Waals surface area contributed by atoms with Crippen molar-refractivity contribution in [3.8, 4) is 0 Å². The maximum atomic E-state index is 13.7. The van der Waals surface area contributed by atoms with E-state index < -0.39 is 5.82 Å². The van der Waals surface area contributed by atoms with Crippen LogP contribution in [0, 0.1) is 17.6 Å². The highest BCUT2D eigenvalue weighted by atomic mass is 19.1. The minimum atomic E-state index is -0.406. The van der Waals surface area contributed by atoms with Crippen LogP contribution in [-0.4, -0.2) is 61.6 Å². The van der Waals surface area contributed by atoms with E-state index >= 15 is 0 Å². The number of hydrogen-bond acceptors (Lipinski definition) is 2. The highest BCUT2D eigenvalue weighted by Gasteiger charge is 2.25. The van der Waals surface area contributed by atoms with Crippen LogP contribution in [0.4, 0.5) is 8.78 Å². The molecule has 1 atom stereocenters. The molecule has 0 aliphatic carbocycles. The van der Waals surface area contributed by atoms with Gasteiger partial charge in [-0.05, 0) is 62.5 Å². The molecule has 0 radical (unpaired) electrons. The molecule has 1 saturated heterocycles. The molecular formula is C20H32F2N4. The first-order valence-electron chi connectivity index (χ1n) is 9.76. The largest absolute Gasteiger partial charge is 0.357 e. The molecule has 1 aliphatic heterocycles. The van der Waals surface area contributed by atoms with Crippen molar-refractivity contribution < 1.29 is 8.78 Å². The Hall–Kier alpha value is -1.69. The van der Waals surface area contributed by atoms with Crippen molar-refractivity contribution >= 4 is 5.96 Å². The van der Waals surface area contributed by atoms with Crippen LogP contribution >= 0.6 is 0 Å². The third-order valence-corrected chi connectivity index (χ3v) is 4.98. The summed E-state index contributed by atoms with van der Waals surface area (Å²) < 4.78 is 27.0. The van der Waals surface area contributed by atoms with E-state index in [1.165, 1.54) is 18.6 Å². The predicted molar refractivity (Wildman–Crippen MR) is 104 cm³/mol. The highest BCUT2D eigenvalue weighted by molar-refractivity contribution is 5.80. The summed E-state index contributed by atoms with van der Waals surface area (Å²) in [6.45, 7) is 13.0. The van der Waals surface area contributed by atoms with E-state index in [4.69, 9.17) is 0 Å². The van der Waals surface area contributed by atoms with E-state index in [1.54, 1.807) is 0 Å². The molecular weight excluding hydrogens is 334 g/mol. The van der Waals surface area contributed by atoms with Crippen molar-refractivity contribution in [3.63, 3.8) is 0 Å². The molecule has 1 N–H and O–H groups in total.